The molecule has 0 radical (unpaired) electrons. The van der Waals surface area contributed by atoms with Gasteiger partial charge in [0.2, 0.25) is 0 Å². The van der Waals surface area contributed by atoms with Gasteiger partial charge in [0.1, 0.15) is 11.6 Å². The monoisotopic (exact) mass is 392 g/mol. The summed E-state index contributed by atoms with van der Waals surface area (Å²) in [6.45, 7) is 0. The van der Waals surface area contributed by atoms with E-state index in [1.54, 1.807) is 36.0 Å². The van der Waals surface area contributed by atoms with E-state index in [4.69, 9.17) is 0 Å². The molecule has 0 N–H and O–H groups in total. The Labute approximate surface area is 146 Å². The summed E-state index contributed by atoms with van der Waals surface area (Å²) < 4.78 is 28.3. The highest BCUT2D eigenvalue weighted by atomic mass is 79.9. The zero-order valence-electron chi connectivity index (χ0n) is 12.9. The van der Waals surface area contributed by atoms with Gasteiger partial charge in [-0.1, -0.05) is 40.2 Å². The van der Waals surface area contributed by atoms with Gasteiger partial charge in [0, 0.05) is 24.2 Å². The van der Waals surface area contributed by atoms with Crippen LogP contribution in [0.15, 0.2) is 48.5 Å². The lowest BCUT2D eigenvalue weighted by Gasteiger charge is -2.25. The maximum atomic E-state index is 13.3. The standard InChI is InChI=1S/C17H15BrF2N4/c1-24-17(21-22-23-24)15(10-18)16(11-2-6-13(19)7-3-11)12-4-8-14(20)9-5-12/h2-9,15-16H,10H2,1H3. The summed E-state index contributed by atoms with van der Waals surface area (Å²) in [4.78, 5) is 0. The molecule has 0 spiro atoms. The van der Waals surface area contributed by atoms with Crippen molar-refractivity contribution >= 4 is 15.9 Å². The first-order chi connectivity index (χ1) is 11.6. The van der Waals surface area contributed by atoms with Crippen molar-refractivity contribution in [2.75, 3.05) is 5.33 Å². The molecule has 4 nitrogen and oxygen atoms in total. The van der Waals surface area contributed by atoms with Gasteiger partial charge in [-0.3, -0.25) is 0 Å². The van der Waals surface area contributed by atoms with Crippen molar-refractivity contribution < 1.29 is 8.78 Å². The van der Waals surface area contributed by atoms with E-state index in [0.29, 0.717) is 11.2 Å². The van der Waals surface area contributed by atoms with Gasteiger partial charge < -0.3 is 0 Å². The fourth-order valence-corrected chi connectivity index (χ4v) is 3.52. The predicted octanol–water partition coefficient (Wildman–Crippen LogP) is 3.80. The van der Waals surface area contributed by atoms with Gasteiger partial charge in [0.15, 0.2) is 5.82 Å². The maximum absolute atomic E-state index is 13.3. The molecule has 0 amide bonds. The molecule has 3 rings (SSSR count). The van der Waals surface area contributed by atoms with Gasteiger partial charge in [-0.15, -0.1) is 5.10 Å². The van der Waals surface area contributed by atoms with Gasteiger partial charge in [0.05, 0.1) is 0 Å². The molecule has 1 heterocycles. The molecule has 2 aromatic carbocycles. The summed E-state index contributed by atoms with van der Waals surface area (Å²) in [6, 6.07) is 12.6. The van der Waals surface area contributed by atoms with Crippen molar-refractivity contribution in [1.29, 1.82) is 0 Å². The Morgan fingerprint density at radius 1 is 0.958 bits per heavy atom. The topological polar surface area (TPSA) is 43.6 Å². The van der Waals surface area contributed by atoms with E-state index in [1.807, 2.05) is 0 Å². The van der Waals surface area contributed by atoms with Crippen LogP contribution in [-0.4, -0.2) is 25.5 Å². The lowest BCUT2D eigenvalue weighted by Crippen LogP contribution is -2.18. The summed E-state index contributed by atoms with van der Waals surface area (Å²) >= 11 is 3.54. The number of nitrogens with zero attached hydrogens (tertiary/aromatic N) is 4. The predicted molar refractivity (Wildman–Crippen MR) is 90.0 cm³/mol. The second kappa shape index (κ2) is 7.17. The maximum Gasteiger partial charge on any atom is 0.155 e. The molecule has 3 aromatic rings. The van der Waals surface area contributed by atoms with Crippen molar-refractivity contribution in [3.05, 3.63) is 77.1 Å². The van der Waals surface area contributed by atoms with E-state index in [9.17, 15) is 8.78 Å². The zero-order chi connectivity index (χ0) is 17.1. The van der Waals surface area contributed by atoms with Gasteiger partial charge in [-0.05, 0) is 45.8 Å². The van der Waals surface area contributed by atoms with Gasteiger partial charge in [-0.2, -0.15) is 0 Å². The Morgan fingerprint density at radius 3 is 1.83 bits per heavy atom. The zero-order valence-corrected chi connectivity index (χ0v) is 14.5. The number of hydrogen-bond acceptors (Lipinski definition) is 3. The number of aromatic nitrogens is 4. The minimum absolute atomic E-state index is 0.0964. The molecule has 1 unspecified atom stereocenters. The molecule has 0 bridgehead atoms. The van der Waals surface area contributed by atoms with Crippen LogP contribution >= 0.6 is 15.9 Å². The van der Waals surface area contributed by atoms with Crippen LogP contribution in [-0.2, 0) is 7.05 Å². The van der Waals surface area contributed by atoms with Crippen LogP contribution in [0.3, 0.4) is 0 Å². The lowest BCUT2D eigenvalue weighted by molar-refractivity contribution is 0.574. The van der Waals surface area contributed by atoms with Crippen LogP contribution in [0.5, 0.6) is 0 Å². The number of hydrogen-bond donors (Lipinski definition) is 0. The first kappa shape index (κ1) is 16.7. The molecular formula is C17H15BrF2N4. The molecule has 0 aliphatic heterocycles. The number of tetrazole rings is 1. The number of halogens is 3. The lowest BCUT2D eigenvalue weighted by atomic mass is 9.81. The summed E-state index contributed by atoms with van der Waals surface area (Å²) in [5, 5.41) is 12.3. The highest BCUT2D eigenvalue weighted by Gasteiger charge is 2.29. The van der Waals surface area contributed by atoms with Crippen LogP contribution in [0.2, 0.25) is 0 Å². The van der Waals surface area contributed by atoms with E-state index in [-0.39, 0.29) is 23.5 Å². The summed E-state index contributed by atoms with van der Waals surface area (Å²) in [5.41, 5.74) is 1.82. The highest BCUT2D eigenvalue weighted by Crippen LogP contribution is 2.38. The van der Waals surface area contributed by atoms with E-state index < -0.39 is 0 Å². The van der Waals surface area contributed by atoms with Crippen molar-refractivity contribution in [2.45, 2.75) is 11.8 Å². The van der Waals surface area contributed by atoms with Crippen molar-refractivity contribution in [3.8, 4) is 0 Å². The molecule has 1 aromatic heterocycles. The highest BCUT2D eigenvalue weighted by molar-refractivity contribution is 9.09. The average molecular weight is 393 g/mol. The van der Waals surface area contributed by atoms with Gasteiger partial charge in [-0.25, -0.2) is 13.5 Å². The Morgan fingerprint density at radius 2 is 1.46 bits per heavy atom. The number of rotatable bonds is 5. The van der Waals surface area contributed by atoms with Crippen molar-refractivity contribution in [2.24, 2.45) is 7.05 Å². The normalized spacial score (nSPS) is 12.5. The fourth-order valence-electron chi connectivity index (χ4n) is 2.85. The summed E-state index contributed by atoms with van der Waals surface area (Å²) in [6.07, 6.45) is 0. The molecule has 0 aliphatic rings. The van der Waals surface area contributed by atoms with Crippen molar-refractivity contribution in [3.63, 3.8) is 0 Å². The van der Waals surface area contributed by atoms with Crippen molar-refractivity contribution in [1.82, 2.24) is 20.2 Å². The van der Waals surface area contributed by atoms with E-state index in [1.165, 1.54) is 24.3 Å². The molecule has 0 saturated heterocycles. The number of aryl methyl sites for hydroxylation is 1. The van der Waals surface area contributed by atoms with Crippen LogP contribution < -0.4 is 0 Å². The Bertz CT molecular complexity index is 757. The number of benzene rings is 2. The molecule has 1 atom stereocenters. The largest absolute Gasteiger partial charge is 0.232 e. The van der Waals surface area contributed by atoms with E-state index in [2.05, 4.69) is 31.5 Å². The van der Waals surface area contributed by atoms with E-state index >= 15 is 0 Å². The fraction of sp³-hybridized carbons (Fsp3) is 0.235. The Kier molecular flexibility index (Phi) is 4.99. The van der Waals surface area contributed by atoms with Crippen LogP contribution in [0.4, 0.5) is 8.78 Å². The number of alkyl halides is 1. The first-order valence-corrected chi connectivity index (χ1v) is 8.51. The second-order valence-corrected chi connectivity index (χ2v) is 6.15. The third-order valence-corrected chi connectivity index (χ3v) is 4.71. The second-order valence-electron chi connectivity index (χ2n) is 5.50. The van der Waals surface area contributed by atoms with Crippen LogP contribution in [0.1, 0.15) is 28.8 Å². The summed E-state index contributed by atoms with van der Waals surface area (Å²) in [7, 11) is 1.78. The van der Waals surface area contributed by atoms with Crippen LogP contribution in [0, 0.1) is 11.6 Å². The molecule has 7 heteroatoms. The van der Waals surface area contributed by atoms with Gasteiger partial charge >= 0.3 is 0 Å². The summed E-state index contributed by atoms with van der Waals surface area (Å²) in [5.74, 6) is -0.138. The Hall–Kier alpha value is -2.15. The quantitative estimate of drug-likeness (QED) is 0.620. The SMILES string of the molecule is Cn1nnnc1C(CBr)C(c1ccc(F)cc1)c1ccc(F)cc1. The third kappa shape index (κ3) is 3.36. The molecule has 0 fully saturated rings. The Balaban J connectivity index is 2.11. The van der Waals surface area contributed by atoms with Crippen LogP contribution in [0.25, 0.3) is 0 Å². The smallest absolute Gasteiger partial charge is 0.155 e. The minimum atomic E-state index is -0.299. The minimum Gasteiger partial charge on any atom is -0.232 e. The molecule has 24 heavy (non-hydrogen) atoms. The average Bonchev–Trinajstić information content (AvgIpc) is 3.01. The molecule has 0 saturated carbocycles. The third-order valence-electron chi connectivity index (χ3n) is 4.01. The first-order valence-electron chi connectivity index (χ1n) is 7.39. The van der Waals surface area contributed by atoms with E-state index in [0.717, 1.165) is 11.1 Å². The van der Waals surface area contributed by atoms with Gasteiger partial charge in [0.25, 0.3) is 0 Å². The molecular weight excluding hydrogens is 378 g/mol. The molecule has 124 valence electrons. The molecule has 0 aliphatic carbocycles.